The second-order valence-corrected chi connectivity index (χ2v) is 4.69. The van der Waals surface area contributed by atoms with Gasteiger partial charge < -0.3 is 10.4 Å². The van der Waals surface area contributed by atoms with Crippen LogP contribution in [0.2, 0.25) is 0 Å². The van der Waals surface area contributed by atoms with Gasteiger partial charge in [-0.25, -0.2) is 4.98 Å². The Kier molecular flexibility index (Phi) is 3.94. The molecule has 0 saturated heterocycles. The Morgan fingerprint density at radius 1 is 1.35 bits per heavy atom. The molecule has 0 unspecified atom stereocenters. The van der Waals surface area contributed by atoms with Crippen molar-refractivity contribution in [2.45, 2.75) is 0 Å². The van der Waals surface area contributed by atoms with Crippen molar-refractivity contribution in [3.8, 4) is 5.75 Å². The Balaban J connectivity index is 2.19. The van der Waals surface area contributed by atoms with Gasteiger partial charge >= 0.3 is 0 Å². The summed E-state index contributed by atoms with van der Waals surface area (Å²) in [7, 11) is 0. The number of pyridine rings is 1. The van der Waals surface area contributed by atoms with Crippen LogP contribution in [0.4, 0.5) is 11.5 Å². The molecule has 1 amide bonds. The van der Waals surface area contributed by atoms with Crippen molar-refractivity contribution in [3.05, 3.63) is 56.7 Å². The Hall–Kier alpha value is -2.48. The van der Waals surface area contributed by atoms with Crippen LogP contribution in [-0.4, -0.2) is 20.9 Å². The number of carbonyl (C=O) groups excluding carboxylic acids is 1. The molecule has 2 rings (SSSR count). The summed E-state index contributed by atoms with van der Waals surface area (Å²) in [6.45, 7) is 0. The summed E-state index contributed by atoms with van der Waals surface area (Å²) in [4.78, 5) is 25.6. The summed E-state index contributed by atoms with van der Waals surface area (Å²) in [5, 5.41) is 22.5. The van der Waals surface area contributed by atoms with Gasteiger partial charge in [0.1, 0.15) is 17.8 Å². The van der Waals surface area contributed by atoms with Crippen molar-refractivity contribution in [1.82, 2.24) is 4.98 Å². The van der Waals surface area contributed by atoms with Gasteiger partial charge in [0.25, 0.3) is 11.6 Å². The highest BCUT2D eigenvalue weighted by molar-refractivity contribution is 9.10. The molecular formula is C12H8BrN3O4. The van der Waals surface area contributed by atoms with Crippen molar-refractivity contribution in [2.75, 3.05) is 5.32 Å². The maximum absolute atomic E-state index is 11.9. The number of phenolic OH excluding ortho intramolecular Hbond substituents is 1. The highest BCUT2D eigenvalue weighted by Crippen LogP contribution is 2.23. The second-order valence-electron chi connectivity index (χ2n) is 3.77. The SMILES string of the molecule is O=C(Nc1ccc([N+](=O)[O-])cn1)c1cc(Br)ccc1O. The number of anilines is 1. The summed E-state index contributed by atoms with van der Waals surface area (Å²) in [6, 6.07) is 6.96. The molecule has 2 aromatic rings. The zero-order chi connectivity index (χ0) is 14.7. The third kappa shape index (κ3) is 3.09. The van der Waals surface area contributed by atoms with E-state index in [1.165, 1.54) is 24.3 Å². The van der Waals surface area contributed by atoms with Gasteiger partial charge in [-0.05, 0) is 24.3 Å². The van der Waals surface area contributed by atoms with Crippen LogP contribution in [0, 0.1) is 10.1 Å². The molecule has 0 spiro atoms. The Labute approximate surface area is 121 Å². The molecule has 7 nitrogen and oxygen atoms in total. The van der Waals surface area contributed by atoms with Gasteiger partial charge in [0.05, 0.1) is 10.5 Å². The summed E-state index contributed by atoms with van der Waals surface area (Å²) < 4.78 is 0.636. The Morgan fingerprint density at radius 3 is 2.70 bits per heavy atom. The number of nitrogens with one attached hydrogen (secondary N) is 1. The maximum Gasteiger partial charge on any atom is 0.287 e. The van der Waals surface area contributed by atoms with Gasteiger partial charge in [-0.2, -0.15) is 0 Å². The van der Waals surface area contributed by atoms with E-state index in [0.717, 1.165) is 6.20 Å². The van der Waals surface area contributed by atoms with Gasteiger partial charge in [-0.1, -0.05) is 15.9 Å². The lowest BCUT2D eigenvalue weighted by atomic mass is 10.2. The van der Waals surface area contributed by atoms with Crippen LogP contribution in [0.15, 0.2) is 41.0 Å². The summed E-state index contributed by atoms with van der Waals surface area (Å²) in [5.74, 6) is -0.585. The van der Waals surface area contributed by atoms with Crippen LogP contribution < -0.4 is 5.32 Å². The first-order valence-electron chi connectivity index (χ1n) is 5.37. The lowest BCUT2D eigenvalue weighted by Crippen LogP contribution is -2.13. The van der Waals surface area contributed by atoms with E-state index in [1.54, 1.807) is 6.07 Å². The van der Waals surface area contributed by atoms with Gasteiger partial charge in [0, 0.05) is 10.5 Å². The molecule has 0 atom stereocenters. The smallest absolute Gasteiger partial charge is 0.287 e. The zero-order valence-corrected chi connectivity index (χ0v) is 11.5. The van der Waals surface area contributed by atoms with Crippen molar-refractivity contribution in [2.24, 2.45) is 0 Å². The van der Waals surface area contributed by atoms with E-state index in [4.69, 9.17) is 0 Å². The van der Waals surface area contributed by atoms with Crippen LogP contribution in [0.5, 0.6) is 5.75 Å². The van der Waals surface area contributed by atoms with Crippen molar-refractivity contribution in [1.29, 1.82) is 0 Å². The number of hydrogen-bond donors (Lipinski definition) is 2. The van der Waals surface area contributed by atoms with Gasteiger partial charge in [0.15, 0.2) is 0 Å². The number of nitrogens with zero attached hydrogens (tertiary/aromatic N) is 2. The molecule has 8 heteroatoms. The number of rotatable bonds is 3. The molecule has 0 radical (unpaired) electrons. The largest absolute Gasteiger partial charge is 0.507 e. The van der Waals surface area contributed by atoms with Crippen LogP contribution in [-0.2, 0) is 0 Å². The number of phenols is 1. The Bertz CT molecular complexity index is 673. The van der Waals surface area contributed by atoms with Crippen LogP contribution in [0.25, 0.3) is 0 Å². The second kappa shape index (κ2) is 5.66. The number of hydrogen-bond acceptors (Lipinski definition) is 5. The average molecular weight is 338 g/mol. The van der Waals surface area contributed by atoms with Gasteiger partial charge in [0.2, 0.25) is 0 Å². The third-order valence-corrected chi connectivity index (χ3v) is 2.90. The molecule has 1 aromatic carbocycles. The number of amides is 1. The summed E-state index contributed by atoms with van der Waals surface area (Å²) in [6.07, 6.45) is 1.04. The average Bonchev–Trinajstić information content (AvgIpc) is 2.42. The van der Waals surface area contributed by atoms with E-state index < -0.39 is 10.8 Å². The van der Waals surface area contributed by atoms with E-state index in [1.807, 2.05) is 0 Å². The molecule has 20 heavy (non-hydrogen) atoms. The molecule has 1 heterocycles. The minimum atomic E-state index is -0.585. The lowest BCUT2D eigenvalue weighted by Gasteiger charge is -2.06. The predicted molar refractivity (Wildman–Crippen MR) is 74.7 cm³/mol. The number of halogens is 1. The third-order valence-electron chi connectivity index (χ3n) is 2.40. The monoisotopic (exact) mass is 337 g/mol. The normalized spacial score (nSPS) is 10.1. The molecule has 102 valence electrons. The van der Waals surface area contributed by atoms with E-state index in [0.29, 0.717) is 4.47 Å². The number of aromatic hydroxyl groups is 1. The summed E-state index contributed by atoms with van der Waals surface area (Å²) in [5.41, 5.74) is -0.104. The number of nitro groups is 1. The van der Waals surface area contributed by atoms with Gasteiger partial charge in [-0.15, -0.1) is 0 Å². The Morgan fingerprint density at radius 2 is 2.10 bits per heavy atom. The van der Waals surface area contributed by atoms with Crippen LogP contribution in [0.1, 0.15) is 10.4 Å². The zero-order valence-electron chi connectivity index (χ0n) is 9.91. The molecular weight excluding hydrogens is 330 g/mol. The maximum atomic E-state index is 11.9. The fraction of sp³-hybridized carbons (Fsp3) is 0. The summed E-state index contributed by atoms with van der Waals surface area (Å²) >= 11 is 3.19. The first kappa shape index (κ1) is 13.9. The number of aromatic nitrogens is 1. The fourth-order valence-electron chi connectivity index (χ4n) is 1.44. The minimum absolute atomic E-state index is 0.0690. The standard InChI is InChI=1S/C12H8BrN3O4/c13-7-1-3-10(17)9(5-7)12(18)15-11-4-2-8(6-14-11)16(19)20/h1-6,17H,(H,14,15,18). The quantitative estimate of drug-likeness (QED) is 0.661. The molecule has 1 aromatic heterocycles. The van der Waals surface area contributed by atoms with Crippen molar-refractivity contribution < 1.29 is 14.8 Å². The predicted octanol–water partition coefficient (Wildman–Crippen LogP) is 2.71. The van der Waals surface area contributed by atoms with E-state index in [9.17, 15) is 20.0 Å². The topological polar surface area (TPSA) is 105 Å². The highest BCUT2D eigenvalue weighted by Gasteiger charge is 2.13. The lowest BCUT2D eigenvalue weighted by molar-refractivity contribution is -0.385. The van der Waals surface area contributed by atoms with E-state index in [2.05, 4.69) is 26.2 Å². The van der Waals surface area contributed by atoms with E-state index in [-0.39, 0.29) is 22.8 Å². The first-order valence-corrected chi connectivity index (χ1v) is 6.17. The fourth-order valence-corrected chi connectivity index (χ4v) is 1.80. The molecule has 0 saturated carbocycles. The molecule has 0 aliphatic heterocycles. The highest BCUT2D eigenvalue weighted by atomic mass is 79.9. The molecule has 0 aliphatic rings. The van der Waals surface area contributed by atoms with Crippen molar-refractivity contribution >= 4 is 33.3 Å². The molecule has 0 fully saturated rings. The molecule has 2 N–H and O–H groups in total. The minimum Gasteiger partial charge on any atom is -0.507 e. The number of benzene rings is 1. The van der Waals surface area contributed by atoms with Crippen molar-refractivity contribution in [3.63, 3.8) is 0 Å². The molecule has 0 bridgehead atoms. The van der Waals surface area contributed by atoms with Crippen LogP contribution in [0.3, 0.4) is 0 Å². The number of carbonyl (C=O) groups is 1. The van der Waals surface area contributed by atoms with E-state index >= 15 is 0 Å². The first-order chi connectivity index (χ1) is 9.47. The van der Waals surface area contributed by atoms with Gasteiger partial charge in [-0.3, -0.25) is 14.9 Å². The van der Waals surface area contributed by atoms with Crippen LogP contribution >= 0.6 is 15.9 Å². The molecule has 0 aliphatic carbocycles.